The number of aromatic nitrogens is 1. The molecule has 0 saturated carbocycles. The van der Waals surface area contributed by atoms with Crippen LogP contribution in [-0.4, -0.2) is 47.9 Å². The molecule has 1 saturated heterocycles. The summed E-state index contributed by atoms with van der Waals surface area (Å²) in [6.45, 7) is 3.92. The average Bonchev–Trinajstić information content (AvgIpc) is 2.72. The minimum Gasteiger partial charge on any atom is -0.490 e. The second kappa shape index (κ2) is 8.41. The van der Waals surface area contributed by atoms with Gasteiger partial charge in [0.1, 0.15) is 12.4 Å². The van der Waals surface area contributed by atoms with Crippen LogP contribution in [0.5, 0.6) is 11.5 Å². The number of nitrogens with zero attached hydrogens (tertiary/aromatic N) is 2. The van der Waals surface area contributed by atoms with E-state index < -0.39 is 0 Å². The lowest BCUT2D eigenvalue weighted by atomic mass is 9.96. The van der Waals surface area contributed by atoms with E-state index in [1.54, 1.807) is 18.2 Å². The number of benzene rings is 1. The van der Waals surface area contributed by atoms with E-state index in [0.29, 0.717) is 54.3 Å². The molecule has 0 radical (unpaired) electrons. The number of amides is 1. The fraction of sp³-hybridized carbons (Fsp3) is 0.409. The number of rotatable bonds is 4. The highest BCUT2D eigenvalue weighted by Crippen LogP contribution is 2.27. The second-order valence-electron chi connectivity index (χ2n) is 7.61. The number of ketones is 1. The Labute approximate surface area is 174 Å². The highest BCUT2D eigenvalue weighted by atomic mass is 35.5. The van der Waals surface area contributed by atoms with Crippen LogP contribution in [0.2, 0.25) is 5.15 Å². The Balaban J connectivity index is 1.32. The fourth-order valence-corrected chi connectivity index (χ4v) is 3.98. The summed E-state index contributed by atoms with van der Waals surface area (Å²) in [6, 6.07) is 9.07. The normalized spacial score (nSPS) is 16.9. The molecular formula is C22H23ClN2O4. The van der Waals surface area contributed by atoms with Crippen molar-refractivity contribution in [3.05, 3.63) is 52.3 Å². The first kappa shape index (κ1) is 19.7. The molecule has 0 spiro atoms. The zero-order chi connectivity index (χ0) is 20.4. The highest BCUT2D eigenvalue weighted by molar-refractivity contribution is 6.30. The first-order chi connectivity index (χ1) is 14.0. The lowest BCUT2D eigenvalue weighted by Crippen LogP contribution is -2.39. The molecule has 0 atom stereocenters. The quantitative estimate of drug-likeness (QED) is 0.716. The van der Waals surface area contributed by atoms with E-state index in [-0.39, 0.29) is 18.3 Å². The number of Topliss-reactive ketones (excluding diaryl/α,β-unsaturated/α-hetero) is 1. The lowest BCUT2D eigenvalue weighted by molar-refractivity contribution is -0.121. The number of hydrogen-bond acceptors (Lipinski definition) is 5. The standard InChI is InChI=1S/C22H23ClN2O4/c1-14-2-4-20(21(23)24-14)28-12-15-6-8-25(9-7-15)22(27)16-3-5-19-17(10-16)11-18(26)13-29-19/h2-5,10,15H,6-9,11-13H2,1H3. The molecule has 2 aromatic rings. The molecule has 6 nitrogen and oxygen atoms in total. The maximum atomic E-state index is 12.9. The Bertz CT molecular complexity index is 938. The van der Waals surface area contributed by atoms with Gasteiger partial charge in [0, 0.05) is 36.3 Å². The van der Waals surface area contributed by atoms with E-state index in [1.165, 1.54) is 0 Å². The molecule has 1 fully saturated rings. The monoisotopic (exact) mass is 414 g/mol. The SMILES string of the molecule is Cc1ccc(OCC2CCN(C(=O)c3ccc4c(c3)CC(=O)CO4)CC2)c(Cl)n1. The molecule has 7 heteroatoms. The van der Waals surface area contributed by atoms with Crippen LogP contribution >= 0.6 is 11.6 Å². The topological polar surface area (TPSA) is 68.7 Å². The fourth-order valence-electron chi connectivity index (χ4n) is 3.73. The van der Waals surface area contributed by atoms with Gasteiger partial charge in [0.25, 0.3) is 5.91 Å². The van der Waals surface area contributed by atoms with Gasteiger partial charge in [-0.05, 0) is 56.0 Å². The number of fused-ring (bicyclic) bond motifs is 1. The predicted molar refractivity (Wildman–Crippen MR) is 109 cm³/mol. The van der Waals surface area contributed by atoms with Crippen molar-refractivity contribution in [1.82, 2.24) is 9.88 Å². The average molecular weight is 415 g/mol. The molecule has 2 aliphatic heterocycles. The van der Waals surface area contributed by atoms with E-state index in [4.69, 9.17) is 21.1 Å². The molecule has 2 aliphatic rings. The molecule has 0 aliphatic carbocycles. The third-order valence-electron chi connectivity index (χ3n) is 5.41. The number of carbonyl (C=O) groups excluding carboxylic acids is 2. The molecule has 1 aromatic heterocycles. The maximum Gasteiger partial charge on any atom is 0.253 e. The third kappa shape index (κ3) is 4.53. The summed E-state index contributed by atoms with van der Waals surface area (Å²) in [7, 11) is 0. The van der Waals surface area contributed by atoms with Crippen molar-refractivity contribution in [1.29, 1.82) is 0 Å². The van der Waals surface area contributed by atoms with Crippen molar-refractivity contribution in [2.75, 3.05) is 26.3 Å². The van der Waals surface area contributed by atoms with Crippen LogP contribution in [0.25, 0.3) is 0 Å². The van der Waals surface area contributed by atoms with Crippen LogP contribution in [0, 0.1) is 12.8 Å². The van der Waals surface area contributed by atoms with Gasteiger partial charge in [-0.1, -0.05) is 11.6 Å². The Hall–Kier alpha value is -2.60. The Morgan fingerprint density at radius 1 is 1.28 bits per heavy atom. The zero-order valence-electron chi connectivity index (χ0n) is 16.3. The van der Waals surface area contributed by atoms with E-state index in [9.17, 15) is 9.59 Å². The molecule has 1 aromatic carbocycles. The van der Waals surface area contributed by atoms with Crippen molar-refractivity contribution in [2.24, 2.45) is 5.92 Å². The second-order valence-corrected chi connectivity index (χ2v) is 7.97. The summed E-state index contributed by atoms with van der Waals surface area (Å²) in [6.07, 6.45) is 2.07. The van der Waals surface area contributed by atoms with Crippen molar-refractivity contribution < 1.29 is 19.1 Å². The molecule has 29 heavy (non-hydrogen) atoms. The van der Waals surface area contributed by atoms with E-state index in [2.05, 4.69) is 4.98 Å². The largest absolute Gasteiger partial charge is 0.490 e. The molecule has 0 bridgehead atoms. The minimum atomic E-state index is -0.00373. The first-order valence-electron chi connectivity index (χ1n) is 9.82. The summed E-state index contributed by atoms with van der Waals surface area (Å²) in [5, 5.41) is 0.382. The number of halogens is 1. The predicted octanol–water partition coefficient (Wildman–Crippen LogP) is 3.48. The summed E-state index contributed by atoms with van der Waals surface area (Å²) >= 11 is 6.12. The third-order valence-corrected chi connectivity index (χ3v) is 5.68. The number of hydrogen-bond donors (Lipinski definition) is 0. The number of aryl methyl sites for hydroxylation is 1. The molecule has 0 unspecified atom stereocenters. The Kier molecular flexibility index (Phi) is 5.72. The van der Waals surface area contributed by atoms with Crippen molar-refractivity contribution in [3.8, 4) is 11.5 Å². The molecule has 3 heterocycles. The number of carbonyl (C=O) groups is 2. The van der Waals surface area contributed by atoms with Gasteiger partial charge < -0.3 is 14.4 Å². The zero-order valence-corrected chi connectivity index (χ0v) is 17.1. The maximum absolute atomic E-state index is 12.9. The highest BCUT2D eigenvalue weighted by Gasteiger charge is 2.26. The molecule has 0 N–H and O–H groups in total. The molecule has 1 amide bonds. The van der Waals surface area contributed by atoms with Gasteiger partial charge in [-0.15, -0.1) is 0 Å². The van der Waals surface area contributed by atoms with Gasteiger partial charge in [0.15, 0.2) is 16.7 Å². The van der Waals surface area contributed by atoms with Crippen LogP contribution in [0.3, 0.4) is 0 Å². The van der Waals surface area contributed by atoms with Crippen molar-refractivity contribution >= 4 is 23.3 Å². The molecule has 152 valence electrons. The molecular weight excluding hydrogens is 392 g/mol. The van der Waals surface area contributed by atoms with E-state index in [0.717, 1.165) is 24.1 Å². The summed E-state index contributed by atoms with van der Waals surface area (Å²) < 4.78 is 11.2. The smallest absolute Gasteiger partial charge is 0.253 e. The van der Waals surface area contributed by atoms with Gasteiger partial charge >= 0.3 is 0 Å². The van der Waals surface area contributed by atoms with Gasteiger partial charge in [0.05, 0.1) is 6.61 Å². The van der Waals surface area contributed by atoms with Crippen LogP contribution < -0.4 is 9.47 Å². The lowest BCUT2D eigenvalue weighted by Gasteiger charge is -2.32. The van der Waals surface area contributed by atoms with Crippen molar-refractivity contribution in [2.45, 2.75) is 26.2 Å². The number of piperidine rings is 1. The Morgan fingerprint density at radius 2 is 2.07 bits per heavy atom. The molecule has 4 rings (SSSR count). The van der Waals surface area contributed by atoms with Gasteiger partial charge in [-0.2, -0.15) is 0 Å². The number of likely N-dealkylation sites (tertiary alicyclic amines) is 1. The van der Waals surface area contributed by atoms with Gasteiger partial charge in [0.2, 0.25) is 0 Å². The van der Waals surface area contributed by atoms with Gasteiger partial charge in [-0.3, -0.25) is 9.59 Å². The van der Waals surface area contributed by atoms with Crippen LogP contribution in [0.1, 0.15) is 34.5 Å². The first-order valence-corrected chi connectivity index (χ1v) is 10.2. The van der Waals surface area contributed by atoms with E-state index >= 15 is 0 Å². The van der Waals surface area contributed by atoms with Crippen LogP contribution in [0.15, 0.2) is 30.3 Å². The van der Waals surface area contributed by atoms with Gasteiger partial charge in [-0.25, -0.2) is 4.98 Å². The van der Waals surface area contributed by atoms with Crippen molar-refractivity contribution in [3.63, 3.8) is 0 Å². The number of ether oxygens (including phenoxy) is 2. The van der Waals surface area contributed by atoms with Crippen LogP contribution in [0.4, 0.5) is 0 Å². The minimum absolute atomic E-state index is 0.00373. The summed E-state index contributed by atoms with van der Waals surface area (Å²) in [4.78, 5) is 30.5. The van der Waals surface area contributed by atoms with Crippen LogP contribution in [-0.2, 0) is 11.2 Å². The van der Waals surface area contributed by atoms with E-state index in [1.807, 2.05) is 24.0 Å². The summed E-state index contributed by atoms with van der Waals surface area (Å²) in [5.74, 6) is 1.69. The number of pyridine rings is 1. The Morgan fingerprint density at radius 3 is 2.83 bits per heavy atom. The summed E-state index contributed by atoms with van der Waals surface area (Å²) in [5.41, 5.74) is 2.25.